The van der Waals surface area contributed by atoms with Gasteiger partial charge in [0, 0.05) is 12.6 Å². The van der Waals surface area contributed by atoms with Crippen molar-refractivity contribution in [3.8, 4) is 0 Å². The number of isocyanates is 1. The van der Waals surface area contributed by atoms with Crippen LogP contribution < -0.4 is 0 Å². The number of likely N-dealkylation sites (tertiary alicyclic amines) is 1. The molecule has 1 saturated heterocycles. The van der Waals surface area contributed by atoms with Gasteiger partial charge in [0.2, 0.25) is 6.08 Å². The molecule has 0 aromatic rings. The van der Waals surface area contributed by atoms with Crippen LogP contribution in [-0.2, 0) is 4.79 Å². The Balaban J connectivity index is 1.78. The first-order valence-corrected chi connectivity index (χ1v) is 5.68. The summed E-state index contributed by atoms with van der Waals surface area (Å²) in [4.78, 5) is 16.3. The van der Waals surface area contributed by atoms with Gasteiger partial charge in [-0.1, -0.05) is 12.8 Å². The van der Waals surface area contributed by atoms with Crippen LogP contribution in [0.25, 0.3) is 0 Å². The Hall–Kier alpha value is -0.660. The first kappa shape index (κ1) is 9.88. The average molecular weight is 194 g/mol. The van der Waals surface area contributed by atoms with Crippen LogP contribution in [0.2, 0.25) is 0 Å². The monoisotopic (exact) mass is 194 g/mol. The Kier molecular flexibility index (Phi) is 3.33. The lowest BCUT2D eigenvalue weighted by atomic mass is 10.1. The Bertz CT molecular complexity index is 229. The zero-order valence-corrected chi connectivity index (χ0v) is 8.61. The number of nitrogens with zero attached hydrogens (tertiary/aromatic N) is 2. The predicted octanol–water partition coefficient (Wildman–Crippen LogP) is 1.59. The molecule has 0 aromatic heterocycles. The van der Waals surface area contributed by atoms with Crippen molar-refractivity contribution in [2.75, 3.05) is 19.6 Å². The molecule has 14 heavy (non-hydrogen) atoms. The normalized spacial score (nSPS) is 29.3. The van der Waals surface area contributed by atoms with Crippen LogP contribution in [0.15, 0.2) is 4.99 Å². The van der Waals surface area contributed by atoms with Crippen LogP contribution in [0.4, 0.5) is 0 Å². The third kappa shape index (κ3) is 2.23. The standard InChI is InChI=1S/C11H18N2O/c14-9-12-7-10-5-6-13(8-10)11-3-1-2-4-11/h10-11H,1-8H2. The minimum atomic E-state index is 0.608. The van der Waals surface area contributed by atoms with Crippen LogP contribution in [-0.4, -0.2) is 36.7 Å². The maximum absolute atomic E-state index is 9.99. The number of rotatable bonds is 3. The molecule has 0 radical (unpaired) electrons. The summed E-state index contributed by atoms with van der Waals surface area (Å²) < 4.78 is 0. The molecule has 2 rings (SSSR count). The maximum atomic E-state index is 9.99. The van der Waals surface area contributed by atoms with Gasteiger partial charge in [-0.25, -0.2) is 9.79 Å². The molecule has 2 fully saturated rings. The first-order valence-electron chi connectivity index (χ1n) is 5.68. The molecule has 0 spiro atoms. The van der Waals surface area contributed by atoms with E-state index in [1.165, 1.54) is 38.6 Å². The summed E-state index contributed by atoms with van der Waals surface area (Å²) in [5, 5.41) is 0. The molecular formula is C11H18N2O. The topological polar surface area (TPSA) is 32.7 Å². The highest BCUT2D eigenvalue weighted by Crippen LogP contribution is 2.28. The summed E-state index contributed by atoms with van der Waals surface area (Å²) in [7, 11) is 0. The quantitative estimate of drug-likeness (QED) is 0.505. The van der Waals surface area contributed by atoms with E-state index in [2.05, 4.69) is 9.89 Å². The Morgan fingerprint density at radius 2 is 2.07 bits per heavy atom. The van der Waals surface area contributed by atoms with Crippen molar-refractivity contribution < 1.29 is 4.79 Å². The van der Waals surface area contributed by atoms with Gasteiger partial charge in [0.1, 0.15) is 0 Å². The van der Waals surface area contributed by atoms with Crippen LogP contribution in [0.1, 0.15) is 32.1 Å². The fourth-order valence-corrected chi connectivity index (χ4v) is 2.78. The van der Waals surface area contributed by atoms with Gasteiger partial charge in [0.25, 0.3) is 0 Å². The van der Waals surface area contributed by atoms with E-state index in [1.807, 2.05) is 0 Å². The molecule has 1 saturated carbocycles. The summed E-state index contributed by atoms with van der Waals surface area (Å²) in [6.45, 7) is 3.05. The maximum Gasteiger partial charge on any atom is 0.234 e. The van der Waals surface area contributed by atoms with Crippen LogP contribution in [0, 0.1) is 5.92 Å². The van der Waals surface area contributed by atoms with Crippen molar-refractivity contribution in [1.82, 2.24) is 4.90 Å². The van der Waals surface area contributed by atoms with E-state index in [0.717, 1.165) is 12.6 Å². The number of hydrogen-bond acceptors (Lipinski definition) is 3. The van der Waals surface area contributed by atoms with Crippen molar-refractivity contribution >= 4 is 6.08 Å². The molecule has 1 heterocycles. The smallest absolute Gasteiger partial charge is 0.234 e. The lowest BCUT2D eigenvalue weighted by molar-refractivity contribution is 0.238. The van der Waals surface area contributed by atoms with Crippen molar-refractivity contribution in [3.63, 3.8) is 0 Å². The van der Waals surface area contributed by atoms with E-state index in [0.29, 0.717) is 12.5 Å². The Morgan fingerprint density at radius 1 is 1.29 bits per heavy atom. The van der Waals surface area contributed by atoms with Gasteiger partial charge in [-0.15, -0.1) is 0 Å². The van der Waals surface area contributed by atoms with Crippen LogP contribution in [0.3, 0.4) is 0 Å². The number of carbonyl (C=O) groups excluding carboxylic acids is 1. The summed E-state index contributed by atoms with van der Waals surface area (Å²) in [6.07, 6.45) is 8.40. The van der Waals surface area contributed by atoms with E-state index in [4.69, 9.17) is 0 Å². The van der Waals surface area contributed by atoms with Gasteiger partial charge < -0.3 is 4.90 Å². The zero-order chi connectivity index (χ0) is 9.80. The SMILES string of the molecule is O=C=NCC1CCN(C2CCCC2)C1. The fourth-order valence-electron chi connectivity index (χ4n) is 2.78. The van der Waals surface area contributed by atoms with Gasteiger partial charge in [0.15, 0.2) is 0 Å². The Labute approximate surface area is 85.2 Å². The van der Waals surface area contributed by atoms with Crippen molar-refractivity contribution in [2.45, 2.75) is 38.1 Å². The molecule has 78 valence electrons. The highest BCUT2D eigenvalue weighted by atomic mass is 16.1. The van der Waals surface area contributed by atoms with E-state index >= 15 is 0 Å². The molecule has 1 unspecified atom stereocenters. The fraction of sp³-hybridized carbons (Fsp3) is 0.909. The number of aliphatic imine (C=N–C) groups is 1. The molecule has 0 N–H and O–H groups in total. The first-order chi connectivity index (χ1) is 6.90. The van der Waals surface area contributed by atoms with Crippen molar-refractivity contribution in [3.05, 3.63) is 0 Å². The largest absolute Gasteiger partial charge is 0.300 e. The van der Waals surface area contributed by atoms with Gasteiger partial charge in [-0.2, -0.15) is 0 Å². The lowest BCUT2D eigenvalue weighted by Crippen LogP contribution is -2.31. The lowest BCUT2D eigenvalue weighted by Gasteiger charge is -2.23. The third-order valence-corrected chi connectivity index (χ3v) is 3.57. The molecule has 0 bridgehead atoms. The molecule has 1 aliphatic heterocycles. The summed E-state index contributed by atoms with van der Waals surface area (Å²) >= 11 is 0. The molecule has 3 heteroatoms. The predicted molar refractivity (Wildman–Crippen MR) is 54.9 cm³/mol. The van der Waals surface area contributed by atoms with Crippen LogP contribution in [0.5, 0.6) is 0 Å². The minimum Gasteiger partial charge on any atom is -0.300 e. The molecule has 2 aliphatic rings. The number of hydrogen-bond donors (Lipinski definition) is 0. The molecule has 1 atom stereocenters. The van der Waals surface area contributed by atoms with Crippen molar-refractivity contribution in [1.29, 1.82) is 0 Å². The highest BCUT2D eigenvalue weighted by molar-refractivity contribution is 5.32. The van der Waals surface area contributed by atoms with Crippen LogP contribution >= 0.6 is 0 Å². The van der Waals surface area contributed by atoms with Crippen molar-refractivity contribution in [2.24, 2.45) is 10.9 Å². The molecule has 0 aromatic carbocycles. The summed E-state index contributed by atoms with van der Waals surface area (Å²) in [6, 6.07) is 0.834. The second-order valence-corrected chi connectivity index (χ2v) is 4.52. The summed E-state index contributed by atoms with van der Waals surface area (Å²) in [5.41, 5.74) is 0. The van der Waals surface area contributed by atoms with Gasteiger partial charge in [0.05, 0.1) is 6.54 Å². The van der Waals surface area contributed by atoms with E-state index in [-0.39, 0.29) is 0 Å². The van der Waals surface area contributed by atoms with E-state index < -0.39 is 0 Å². The van der Waals surface area contributed by atoms with Gasteiger partial charge >= 0.3 is 0 Å². The molecule has 3 nitrogen and oxygen atoms in total. The Morgan fingerprint density at radius 3 is 2.79 bits per heavy atom. The van der Waals surface area contributed by atoms with Gasteiger partial charge in [-0.3, -0.25) is 0 Å². The highest BCUT2D eigenvalue weighted by Gasteiger charge is 2.29. The molecular weight excluding hydrogens is 176 g/mol. The second-order valence-electron chi connectivity index (χ2n) is 4.52. The molecule has 1 aliphatic carbocycles. The molecule has 0 amide bonds. The van der Waals surface area contributed by atoms with E-state index in [9.17, 15) is 4.79 Å². The van der Waals surface area contributed by atoms with E-state index in [1.54, 1.807) is 6.08 Å². The second kappa shape index (κ2) is 4.72. The minimum absolute atomic E-state index is 0.608. The van der Waals surface area contributed by atoms with Gasteiger partial charge in [-0.05, 0) is 31.7 Å². The third-order valence-electron chi connectivity index (χ3n) is 3.57. The zero-order valence-electron chi connectivity index (χ0n) is 8.61. The average Bonchev–Trinajstić information content (AvgIpc) is 2.85. The summed E-state index contributed by atoms with van der Waals surface area (Å²) in [5.74, 6) is 0.608.